The molecule has 1 rings (SSSR count). The Morgan fingerprint density at radius 3 is 2.50 bits per heavy atom. The predicted molar refractivity (Wildman–Crippen MR) is 62.3 cm³/mol. The van der Waals surface area contributed by atoms with Crippen LogP contribution in [0.1, 0.15) is 13.3 Å². The lowest BCUT2D eigenvalue weighted by Crippen LogP contribution is -2.23. The lowest BCUT2D eigenvalue weighted by atomic mass is 9.95. The fourth-order valence-electron chi connectivity index (χ4n) is 1.44. The molecule has 0 amide bonds. The summed E-state index contributed by atoms with van der Waals surface area (Å²) >= 11 is 0. The Bertz CT molecular complexity index is 370. The van der Waals surface area contributed by atoms with Gasteiger partial charge in [0, 0.05) is 18.6 Å². The van der Waals surface area contributed by atoms with Gasteiger partial charge in [0.2, 0.25) is 0 Å². The second-order valence-corrected chi connectivity index (χ2v) is 7.20. The van der Waals surface area contributed by atoms with Gasteiger partial charge in [-0.15, -0.1) is 0 Å². The molecule has 1 unspecified atom stereocenters. The van der Waals surface area contributed by atoms with E-state index in [-0.39, 0.29) is 19.2 Å². The second kappa shape index (κ2) is 6.16. The van der Waals surface area contributed by atoms with Gasteiger partial charge in [0.25, 0.3) is 0 Å². The maximum Gasteiger partial charge on any atom is 0.469 e. The molecule has 1 aliphatic heterocycles. The topological polar surface area (TPSA) is 123 Å². The van der Waals surface area contributed by atoms with Crippen LogP contribution in [-0.2, 0) is 22.9 Å². The number of ether oxygens (including phenoxy) is 1. The van der Waals surface area contributed by atoms with Crippen LogP contribution >= 0.6 is 15.4 Å². The molecule has 4 atom stereocenters. The van der Waals surface area contributed by atoms with Crippen molar-refractivity contribution in [3.05, 3.63) is 0 Å². The second-order valence-electron chi connectivity index (χ2n) is 3.84. The number of phosphoric ester groups is 1. The van der Waals surface area contributed by atoms with Gasteiger partial charge in [0.15, 0.2) is 0 Å². The first kappa shape index (κ1) is 16.3. The van der Waals surface area contributed by atoms with Crippen LogP contribution in [-0.4, -0.2) is 53.5 Å². The first-order valence-corrected chi connectivity index (χ1v) is 8.53. The molecule has 18 heavy (non-hydrogen) atoms. The SMILES string of the molecule is [B][C@@H]1O[C@H](COP(=O)(O)O)C[C@H]1OP(=O)(O)CC. The zero-order valence-corrected chi connectivity index (χ0v) is 11.5. The molecule has 1 aliphatic rings. The molecule has 0 aromatic carbocycles. The van der Waals surface area contributed by atoms with Crippen molar-refractivity contribution in [2.45, 2.75) is 31.6 Å². The van der Waals surface area contributed by atoms with E-state index in [4.69, 9.17) is 26.9 Å². The number of hydrogen-bond donors (Lipinski definition) is 3. The van der Waals surface area contributed by atoms with Crippen LogP contribution in [0.3, 0.4) is 0 Å². The van der Waals surface area contributed by atoms with Crippen molar-refractivity contribution in [3.8, 4) is 0 Å². The minimum absolute atomic E-state index is 0.0557. The molecule has 1 fully saturated rings. The molecule has 1 heterocycles. The highest BCUT2D eigenvalue weighted by molar-refractivity contribution is 7.52. The Morgan fingerprint density at radius 2 is 2.00 bits per heavy atom. The van der Waals surface area contributed by atoms with E-state index < -0.39 is 33.6 Å². The Morgan fingerprint density at radius 1 is 1.39 bits per heavy atom. The van der Waals surface area contributed by atoms with E-state index >= 15 is 0 Å². The Labute approximate surface area is 106 Å². The monoisotopic (exact) mass is 300 g/mol. The fraction of sp³-hybridized carbons (Fsp3) is 1.00. The van der Waals surface area contributed by atoms with Crippen LogP contribution in [0.5, 0.6) is 0 Å². The Hall–Kier alpha value is 0.285. The lowest BCUT2D eigenvalue weighted by Gasteiger charge is -2.18. The number of phosphoric acid groups is 1. The van der Waals surface area contributed by atoms with Crippen molar-refractivity contribution in [2.75, 3.05) is 12.8 Å². The van der Waals surface area contributed by atoms with Gasteiger partial charge >= 0.3 is 15.4 Å². The first-order valence-electron chi connectivity index (χ1n) is 5.24. The van der Waals surface area contributed by atoms with E-state index in [9.17, 15) is 14.0 Å². The van der Waals surface area contributed by atoms with Gasteiger partial charge in [-0.3, -0.25) is 9.09 Å². The standard InChI is InChI=1S/C7H15BO8P2/c1-2-17(9,10)16-6-3-5(15-7(6)8)4-14-18(11,12)13/h5-7H,2-4H2,1H3,(H,9,10)(H2,11,12,13)/t5-,6+,7+/m0/s1. The maximum absolute atomic E-state index is 11.4. The zero-order chi connectivity index (χ0) is 14.0. The van der Waals surface area contributed by atoms with Crippen LogP contribution in [0.4, 0.5) is 0 Å². The summed E-state index contributed by atoms with van der Waals surface area (Å²) in [4.78, 5) is 26.4. The number of hydrogen-bond acceptors (Lipinski definition) is 5. The van der Waals surface area contributed by atoms with Crippen molar-refractivity contribution in [2.24, 2.45) is 0 Å². The minimum atomic E-state index is -4.57. The van der Waals surface area contributed by atoms with E-state index in [1.54, 1.807) is 0 Å². The van der Waals surface area contributed by atoms with Gasteiger partial charge in [-0.25, -0.2) is 4.57 Å². The van der Waals surface area contributed by atoms with E-state index in [2.05, 4.69) is 4.52 Å². The van der Waals surface area contributed by atoms with Crippen LogP contribution in [0.15, 0.2) is 0 Å². The summed E-state index contributed by atoms with van der Waals surface area (Å²) in [5.41, 5.74) is 0. The smallest absolute Gasteiger partial charge is 0.380 e. The molecule has 0 aromatic heterocycles. The van der Waals surface area contributed by atoms with Crippen LogP contribution in [0.2, 0.25) is 0 Å². The van der Waals surface area contributed by atoms with Crippen molar-refractivity contribution >= 4 is 23.3 Å². The molecule has 0 aromatic rings. The summed E-state index contributed by atoms with van der Waals surface area (Å²) in [5, 5.41) is 0. The van der Waals surface area contributed by atoms with E-state index in [0.29, 0.717) is 0 Å². The molecule has 11 heteroatoms. The quantitative estimate of drug-likeness (QED) is 0.461. The van der Waals surface area contributed by atoms with Crippen molar-refractivity contribution in [1.29, 1.82) is 0 Å². The van der Waals surface area contributed by atoms with Crippen LogP contribution in [0.25, 0.3) is 0 Å². The molecule has 0 aliphatic carbocycles. The summed E-state index contributed by atoms with van der Waals surface area (Å²) in [6.45, 7) is 1.14. The fourth-order valence-corrected chi connectivity index (χ4v) is 2.57. The third kappa shape index (κ3) is 5.51. The molecule has 1 saturated heterocycles. The molecule has 3 N–H and O–H groups in total. The van der Waals surface area contributed by atoms with Crippen molar-refractivity contribution in [1.82, 2.24) is 0 Å². The third-order valence-electron chi connectivity index (χ3n) is 2.34. The van der Waals surface area contributed by atoms with Gasteiger partial charge < -0.3 is 23.9 Å². The summed E-state index contributed by atoms with van der Waals surface area (Å²) in [6.07, 6.45) is -1.41. The van der Waals surface area contributed by atoms with Crippen LogP contribution < -0.4 is 0 Å². The van der Waals surface area contributed by atoms with E-state index in [1.165, 1.54) is 6.92 Å². The molecule has 104 valence electrons. The summed E-state index contributed by atoms with van der Waals surface area (Å²) in [5.74, 6) is 0. The molecular formula is C7H15BO8P2. The minimum Gasteiger partial charge on any atom is -0.380 e. The van der Waals surface area contributed by atoms with Gasteiger partial charge in [0.1, 0.15) is 7.85 Å². The first-order chi connectivity index (χ1) is 8.13. The summed E-state index contributed by atoms with van der Waals surface area (Å²) in [6, 6.07) is -0.928. The van der Waals surface area contributed by atoms with Gasteiger partial charge in [-0.05, 0) is 0 Å². The van der Waals surface area contributed by atoms with Crippen molar-refractivity contribution < 1.29 is 37.6 Å². The van der Waals surface area contributed by atoms with E-state index in [1.807, 2.05) is 0 Å². The normalized spacial score (nSPS) is 32.3. The largest absolute Gasteiger partial charge is 0.469 e. The Kier molecular flexibility index (Phi) is 5.59. The molecule has 0 bridgehead atoms. The lowest BCUT2D eigenvalue weighted by molar-refractivity contribution is 0.0308. The highest BCUT2D eigenvalue weighted by Crippen LogP contribution is 2.45. The van der Waals surface area contributed by atoms with Crippen LogP contribution in [0, 0.1) is 0 Å². The molecule has 0 spiro atoms. The van der Waals surface area contributed by atoms with Gasteiger partial charge in [0.05, 0.1) is 18.8 Å². The highest BCUT2D eigenvalue weighted by atomic mass is 31.2. The maximum atomic E-state index is 11.4. The summed E-state index contributed by atoms with van der Waals surface area (Å²) in [7, 11) is -2.72. The predicted octanol–water partition coefficient (Wildman–Crippen LogP) is -0.0303. The van der Waals surface area contributed by atoms with Gasteiger partial charge in [-0.1, -0.05) is 6.92 Å². The van der Waals surface area contributed by atoms with Crippen molar-refractivity contribution in [3.63, 3.8) is 0 Å². The summed E-state index contributed by atoms with van der Waals surface area (Å²) < 4.78 is 36.2. The molecule has 2 radical (unpaired) electrons. The average molecular weight is 300 g/mol. The van der Waals surface area contributed by atoms with E-state index in [0.717, 1.165) is 0 Å². The Balaban J connectivity index is 2.47. The highest BCUT2D eigenvalue weighted by Gasteiger charge is 2.37. The molecule has 0 saturated carbocycles. The van der Waals surface area contributed by atoms with Gasteiger partial charge in [-0.2, -0.15) is 0 Å². The zero-order valence-electron chi connectivity index (χ0n) is 9.71. The third-order valence-corrected chi connectivity index (χ3v) is 4.22. The molecule has 8 nitrogen and oxygen atoms in total. The molecular weight excluding hydrogens is 285 g/mol. The number of rotatable bonds is 6. The average Bonchev–Trinajstić information content (AvgIpc) is 2.55.